The van der Waals surface area contributed by atoms with Crippen molar-refractivity contribution in [1.29, 1.82) is 5.41 Å². The Hall–Kier alpha value is -1.64. The number of anilines is 1. The lowest BCUT2D eigenvalue weighted by molar-refractivity contribution is 0.307. The molecule has 0 saturated carbocycles. The van der Waals surface area contributed by atoms with Crippen molar-refractivity contribution < 1.29 is 8.84 Å². The molecule has 0 atom stereocenters. The summed E-state index contributed by atoms with van der Waals surface area (Å²) in [6.45, 7) is 1.15. The topological polar surface area (TPSA) is 130 Å². The summed E-state index contributed by atoms with van der Waals surface area (Å²) in [5.74, 6) is 1.64. The number of hydrogen-bond acceptors (Lipinski definition) is 7. The third-order valence-electron chi connectivity index (χ3n) is 2.62. The van der Waals surface area contributed by atoms with Gasteiger partial charge in [0.05, 0.1) is 6.54 Å². The molecule has 1 fully saturated rings. The van der Waals surface area contributed by atoms with E-state index in [1.165, 1.54) is 0 Å². The van der Waals surface area contributed by atoms with E-state index in [1.54, 1.807) is 0 Å². The quantitative estimate of drug-likeness (QED) is 0.380. The fraction of sp³-hybridized carbons (Fsp3) is 0.667. The summed E-state index contributed by atoms with van der Waals surface area (Å²) in [6.07, 6.45) is 1.76. The van der Waals surface area contributed by atoms with E-state index in [4.69, 9.17) is 11.1 Å². The number of hydrogen-bond donors (Lipinski definition) is 3. The van der Waals surface area contributed by atoms with Crippen LogP contribution in [0.3, 0.4) is 0 Å². The second kappa shape index (κ2) is 5.34. The van der Waals surface area contributed by atoms with E-state index in [0.717, 1.165) is 24.3 Å². The minimum atomic E-state index is -1.85. The Bertz CT molecular complexity index is 535. The Balaban J connectivity index is 1.75. The van der Waals surface area contributed by atoms with Crippen LogP contribution in [0.1, 0.15) is 18.5 Å². The van der Waals surface area contributed by atoms with Gasteiger partial charge in [-0.1, -0.05) is 0 Å². The zero-order chi connectivity index (χ0) is 13.0. The van der Waals surface area contributed by atoms with Gasteiger partial charge >= 0.3 is 0 Å². The van der Waals surface area contributed by atoms with Gasteiger partial charge in [-0.25, -0.2) is 13.2 Å². The molecule has 2 rings (SSSR count). The molecule has 8 nitrogen and oxygen atoms in total. The molecule has 18 heavy (non-hydrogen) atoms. The Morgan fingerprint density at radius 2 is 2.33 bits per heavy atom. The first kappa shape index (κ1) is 12.8. The average molecular weight is 272 g/mol. The van der Waals surface area contributed by atoms with Crippen LogP contribution in [0.5, 0.6) is 0 Å². The highest BCUT2D eigenvalue weighted by Crippen LogP contribution is 2.13. The lowest BCUT2D eigenvalue weighted by Gasteiger charge is -2.17. The molecule has 0 spiro atoms. The van der Waals surface area contributed by atoms with Crippen molar-refractivity contribution in [3.05, 3.63) is 5.69 Å². The van der Waals surface area contributed by atoms with Gasteiger partial charge in [0.1, 0.15) is 5.84 Å². The van der Waals surface area contributed by atoms with Crippen LogP contribution in [0, 0.1) is 5.41 Å². The smallest absolute Gasteiger partial charge is 0.202 e. The third kappa shape index (κ3) is 2.97. The molecular weight excluding hydrogens is 256 g/mol. The van der Waals surface area contributed by atoms with Crippen LogP contribution in [-0.4, -0.2) is 45.0 Å². The second-order valence-corrected chi connectivity index (χ2v) is 6.66. The zero-order valence-corrected chi connectivity index (χ0v) is 10.7. The fourth-order valence-electron chi connectivity index (χ4n) is 1.52. The van der Waals surface area contributed by atoms with E-state index in [9.17, 15) is 4.21 Å². The summed E-state index contributed by atoms with van der Waals surface area (Å²) >= 11 is 0. The highest BCUT2D eigenvalue weighted by Gasteiger charge is 2.18. The number of nitrogen functional groups attached to an aromatic ring is 1. The highest BCUT2D eigenvalue weighted by atomic mass is 32.2. The average Bonchev–Trinajstić information content (AvgIpc) is 2.74. The summed E-state index contributed by atoms with van der Waals surface area (Å²) in [5.41, 5.74) is 5.50. The molecule has 1 aromatic rings. The highest BCUT2D eigenvalue weighted by molar-refractivity contribution is 7.94. The minimum absolute atomic E-state index is 0.194. The molecule has 4 N–H and O–H groups in total. The Morgan fingerprint density at radius 3 is 2.94 bits per heavy atom. The zero-order valence-electron chi connectivity index (χ0n) is 9.89. The van der Waals surface area contributed by atoms with Gasteiger partial charge in [0.15, 0.2) is 5.69 Å². The molecule has 0 unspecified atom stereocenters. The van der Waals surface area contributed by atoms with Gasteiger partial charge in [-0.05, 0) is 23.2 Å². The van der Waals surface area contributed by atoms with Gasteiger partial charge in [0.2, 0.25) is 5.82 Å². The number of aromatic nitrogens is 2. The van der Waals surface area contributed by atoms with Crippen molar-refractivity contribution in [2.24, 2.45) is 10.1 Å². The molecule has 1 aromatic heterocycles. The minimum Gasteiger partial charge on any atom is -0.382 e. The van der Waals surface area contributed by atoms with Gasteiger partial charge in [-0.3, -0.25) is 5.41 Å². The Kier molecular flexibility index (Phi) is 3.80. The van der Waals surface area contributed by atoms with E-state index in [0.29, 0.717) is 18.9 Å². The molecular formula is C9H16N6O2S. The van der Waals surface area contributed by atoms with Crippen LogP contribution < -0.4 is 11.1 Å². The van der Waals surface area contributed by atoms with Crippen molar-refractivity contribution in [2.75, 3.05) is 29.9 Å². The lowest BCUT2D eigenvalue weighted by atomic mass is 10.3. The van der Waals surface area contributed by atoms with Crippen molar-refractivity contribution in [3.63, 3.8) is 0 Å². The summed E-state index contributed by atoms with van der Waals surface area (Å²) in [6, 6.07) is 0. The van der Waals surface area contributed by atoms with E-state index in [1.807, 2.05) is 0 Å². The summed E-state index contributed by atoms with van der Waals surface area (Å²) in [5, 5.41) is 17.3. The maximum atomic E-state index is 11.7. The summed E-state index contributed by atoms with van der Waals surface area (Å²) in [7, 11) is -1.85. The van der Waals surface area contributed by atoms with E-state index in [-0.39, 0.29) is 11.5 Å². The van der Waals surface area contributed by atoms with Crippen molar-refractivity contribution >= 4 is 21.4 Å². The molecule has 1 saturated heterocycles. The van der Waals surface area contributed by atoms with Crippen molar-refractivity contribution in [3.8, 4) is 0 Å². The molecule has 100 valence electrons. The van der Waals surface area contributed by atoms with Crippen LogP contribution in [0.15, 0.2) is 8.99 Å². The fourth-order valence-corrected chi connectivity index (χ4v) is 3.02. The van der Waals surface area contributed by atoms with Gasteiger partial charge in [-0.2, -0.15) is 0 Å². The Labute approximate surface area is 105 Å². The van der Waals surface area contributed by atoms with Crippen LogP contribution in [-0.2, 0) is 9.73 Å². The molecule has 0 aromatic carbocycles. The summed E-state index contributed by atoms with van der Waals surface area (Å²) in [4.78, 5) is 0. The van der Waals surface area contributed by atoms with Gasteiger partial charge < -0.3 is 11.1 Å². The molecule has 9 heteroatoms. The van der Waals surface area contributed by atoms with E-state index in [2.05, 4.69) is 24.6 Å². The third-order valence-corrected chi connectivity index (χ3v) is 5.13. The predicted molar refractivity (Wildman–Crippen MR) is 68.2 cm³/mol. The van der Waals surface area contributed by atoms with Crippen LogP contribution in [0.25, 0.3) is 0 Å². The van der Waals surface area contributed by atoms with E-state index < -0.39 is 9.73 Å². The lowest BCUT2D eigenvalue weighted by Crippen LogP contribution is -2.24. The number of nitrogens with two attached hydrogens (primary N) is 1. The SMILES string of the molecule is N=C(N)c1nonc1NCCCN=S1(=O)CCC1. The first-order chi connectivity index (χ1) is 8.61. The van der Waals surface area contributed by atoms with Crippen LogP contribution in [0.2, 0.25) is 0 Å². The van der Waals surface area contributed by atoms with Crippen molar-refractivity contribution in [2.45, 2.75) is 12.8 Å². The van der Waals surface area contributed by atoms with Gasteiger partial charge in [0.25, 0.3) is 0 Å². The maximum Gasteiger partial charge on any atom is 0.202 e. The normalized spacial score (nSPS) is 16.9. The number of amidine groups is 1. The first-order valence-corrected chi connectivity index (χ1v) is 7.55. The summed E-state index contributed by atoms with van der Waals surface area (Å²) < 4.78 is 20.4. The monoisotopic (exact) mass is 272 g/mol. The second-order valence-electron chi connectivity index (χ2n) is 4.04. The molecule has 2 heterocycles. The molecule has 1 aliphatic heterocycles. The molecule has 0 radical (unpaired) electrons. The van der Waals surface area contributed by atoms with Gasteiger partial charge in [-0.15, -0.1) is 0 Å². The van der Waals surface area contributed by atoms with Gasteiger partial charge in [0, 0.05) is 27.8 Å². The maximum absolute atomic E-state index is 11.7. The standard InChI is InChI=1S/C9H16N6O2S/c10-8(11)7-9(15-17-14-7)12-3-1-4-13-18(16)5-2-6-18/h1-6H2,(H3,10,11)(H,12,15). The molecule has 0 amide bonds. The Morgan fingerprint density at radius 1 is 1.56 bits per heavy atom. The van der Waals surface area contributed by atoms with E-state index >= 15 is 0 Å². The molecule has 1 aliphatic rings. The largest absolute Gasteiger partial charge is 0.382 e. The predicted octanol–water partition coefficient (Wildman–Crippen LogP) is 0.0274. The number of nitrogens with one attached hydrogen (secondary N) is 2. The number of nitrogens with zero attached hydrogens (tertiary/aromatic N) is 3. The van der Waals surface area contributed by atoms with Crippen LogP contribution in [0.4, 0.5) is 5.82 Å². The molecule has 0 bridgehead atoms. The van der Waals surface area contributed by atoms with Crippen LogP contribution >= 0.6 is 0 Å². The number of rotatable bonds is 6. The van der Waals surface area contributed by atoms with Crippen molar-refractivity contribution in [1.82, 2.24) is 10.3 Å². The molecule has 0 aliphatic carbocycles. The first-order valence-electron chi connectivity index (χ1n) is 5.70.